The summed E-state index contributed by atoms with van der Waals surface area (Å²) in [5.74, 6) is -0.835. The Kier molecular flexibility index (Phi) is 12.3. The number of nitrogens with one attached hydrogen (secondary N) is 2. The molecule has 3 aromatic carbocycles. The number of hydrogen-bond donors (Lipinski definition) is 2. The summed E-state index contributed by atoms with van der Waals surface area (Å²) in [6, 6.07) is 18.8. The quantitative estimate of drug-likeness (QED) is 0.0942. The lowest BCUT2D eigenvalue weighted by molar-refractivity contribution is -0.386. The zero-order valence-corrected chi connectivity index (χ0v) is 37.3. The molecule has 2 fully saturated rings. The van der Waals surface area contributed by atoms with E-state index < -0.39 is 37.5 Å². The largest absolute Gasteiger partial charge is 0.485 e. The maximum Gasteiger partial charge on any atom is 0.316 e. The number of carbonyl (C=O) groups is 1. The van der Waals surface area contributed by atoms with Gasteiger partial charge in [0, 0.05) is 92.9 Å². The van der Waals surface area contributed by atoms with Crippen molar-refractivity contribution in [2.45, 2.75) is 44.1 Å². The Morgan fingerprint density at radius 1 is 1.02 bits per heavy atom. The number of hydrogen-bond acceptors (Lipinski definition) is 13. The van der Waals surface area contributed by atoms with Crippen molar-refractivity contribution < 1.29 is 37.1 Å². The number of sulfonamides is 1. The van der Waals surface area contributed by atoms with Crippen molar-refractivity contribution in [3.8, 4) is 23.0 Å². The highest BCUT2D eigenvalue weighted by atomic mass is 35.5. The SMILES string of the molecule is CC1(C)CCC(CN2CCN(c3ccc(C(=O)NS(=O)(=O)c4cc5c(c([N+](=O)[O-])c4)OC(CN4CCOCC4)CO5)c(Oc4cnc5[nH]ccc5c4)c3)CC2)=C(c2ccc(Cl)cc2)C1. The molecule has 0 saturated carbocycles. The standard InChI is InChI=1S/C46H50ClN7O9S/c1-46(2)11-9-32(39(25-46)30-3-5-33(47)6-4-30)27-51-13-15-53(16-14-51)34-7-8-38(41(22-34)62-35-21-31-10-12-48-44(31)49-26-35)45(55)50-64(58,59)37-23-40(54(56)57)43-42(24-37)61-29-36(63-43)28-52-17-19-60-20-18-52/h3-8,10,12,21-24,26,36H,9,11,13-20,25,27-29H2,1-2H3,(H,48,49)(H,50,55). The van der Waals surface area contributed by atoms with Gasteiger partial charge in [0.25, 0.3) is 15.9 Å². The Morgan fingerprint density at radius 3 is 2.56 bits per heavy atom. The molecule has 2 N–H and O–H groups in total. The van der Waals surface area contributed by atoms with Crippen molar-refractivity contribution in [2.75, 3.05) is 77.1 Å². The molecular weight excluding hydrogens is 862 g/mol. The van der Waals surface area contributed by atoms with Crippen LogP contribution in [0.2, 0.25) is 5.02 Å². The maximum absolute atomic E-state index is 14.0. The van der Waals surface area contributed by atoms with Gasteiger partial charge in [0.05, 0.1) is 34.8 Å². The number of aromatic nitrogens is 2. The second-order valence-electron chi connectivity index (χ2n) is 17.5. The van der Waals surface area contributed by atoms with E-state index in [1.165, 1.54) is 29.0 Å². The number of H-pyrrole nitrogens is 1. The van der Waals surface area contributed by atoms with E-state index in [2.05, 4.69) is 55.4 Å². The van der Waals surface area contributed by atoms with Crippen molar-refractivity contribution in [1.82, 2.24) is 24.5 Å². The molecule has 5 aromatic rings. The topological polar surface area (TPSA) is 182 Å². The van der Waals surface area contributed by atoms with Crippen LogP contribution in [-0.2, 0) is 14.8 Å². The Bertz CT molecular complexity index is 2710. The van der Waals surface area contributed by atoms with Crippen LogP contribution in [0.5, 0.6) is 23.0 Å². The van der Waals surface area contributed by atoms with Gasteiger partial charge < -0.3 is 28.8 Å². The zero-order valence-electron chi connectivity index (χ0n) is 35.7. The third kappa shape index (κ3) is 9.68. The third-order valence-electron chi connectivity index (χ3n) is 12.4. The van der Waals surface area contributed by atoms with Gasteiger partial charge in [-0.15, -0.1) is 0 Å². The Hall–Kier alpha value is -5.72. The van der Waals surface area contributed by atoms with E-state index in [4.69, 9.17) is 30.5 Å². The number of aromatic amines is 1. The molecule has 2 saturated heterocycles. The molecule has 0 radical (unpaired) electrons. The van der Waals surface area contributed by atoms with Crippen LogP contribution in [0.1, 0.15) is 49.0 Å². The van der Waals surface area contributed by atoms with Crippen LogP contribution in [-0.4, -0.2) is 117 Å². The fourth-order valence-corrected chi connectivity index (χ4v) is 9.97. The number of rotatable bonds is 12. The molecule has 336 valence electrons. The number of morpholine rings is 1. The molecule has 1 aliphatic carbocycles. The summed E-state index contributed by atoms with van der Waals surface area (Å²) in [6.45, 7) is 11.6. The third-order valence-corrected chi connectivity index (χ3v) is 13.9. The van der Waals surface area contributed by atoms with Gasteiger partial charge in [-0.3, -0.25) is 24.7 Å². The summed E-state index contributed by atoms with van der Waals surface area (Å²) in [6.07, 6.45) is 5.92. The summed E-state index contributed by atoms with van der Waals surface area (Å²) in [5, 5.41) is 13.8. The van der Waals surface area contributed by atoms with Crippen molar-refractivity contribution in [2.24, 2.45) is 5.41 Å². The molecule has 1 amide bonds. The summed E-state index contributed by atoms with van der Waals surface area (Å²) in [4.78, 5) is 39.3. The number of nitrogens with zero attached hydrogens (tertiary/aromatic N) is 5. The number of pyridine rings is 1. The van der Waals surface area contributed by atoms with E-state index in [9.17, 15) is 23.3 Å². The first-order chi connectivity index (χ1) is 30.8. The minimum Gasteiger partial charge on any atom is -0.485 e. The summed E-state index contributed by atoms with van der Waals surface area (Å²) in [5.41, 5.74) is 5.08. The monoisotopic (exact) mass is 911 g/mol. The molecule has 0 bridgehead atoms. The predicted octanol–water partition coefficient (Wildman–Crippen LogP) is 7.29. The lowest BCUT2D eigenvalue weighted by Gasteiger charge is -2.39. The van der Waals surface area contributed by atoms with Crippen LogP contribution in [0.3, 0.4) is 0 Å². The first-order valence-corrected chi connectivity index (χ1v) is 23.3. The fraction of sp³-hybridized carbons (Fsp3) is 0.391. The summed E-state index contributed by atoms with van der Waals surface area (Å²) < 4.78 is 53.5. The van der Waals surface area contributed by atoms with E-state index in [0.717, 1.165) is 67.1 Å². The van der Waals surface area contributed by atoms with Crippen LogP contribution in [0.15, 0.2) is 89.6 Å². The molecule has 9 rings (SSSR count). The first kappa shape index (κ1) is 43.5. The molecule has 4 aliphatic rings. The Labute approximate surface area is 376 Å². The van der Waals surface area contributed by atoms with Gasteiger partial charge in [0.1, 0.15) is 29.9 Å². The average Bonchev–Trinajstić information content (AvgIpc) is 3.75. The zero-order chi connectivity index (χ0) is 44.6. The van der Waals surface area contributed by atoms with E-state index in [0.29, 0.717) is 57.3 Å². The number of fused-ring (bicyclic) bond motifs is 2. The Morgan fingerprint density at radius 2 is 1.80 bits per heavy atom. The second kappa shape index (κ2) is 18.0. The van der Waals surface area contributed by atoms with Crippen LogP contribution in [0, 0.1) is 15.5 Å². The highest BCUT2D eigenvalue weighted by Crippen LogP contribution is 2.45. The number of piperazine rings is 1. The van der Waals surface area contributed by atoms with E-state index in [-0.39, 0.29) is 34.8 Å². The number of nitro groups is 1. The van der Waals surface area contributed by atoms with E-state index in [1.54, 1.807) is 24.4 Å². The fourth-order valence-electron chi connectivity index (χ4n) is 8.84. The Balaban J connectivity index is 0.938. The van der Waals surface area contributed by atoms with Gasteiger partial charge in [-0.25, -0.2) is 18.1 Å². The smallest absolute Gasteiger partial charge is 0.316 e. The van der Waals surface area contributed by atoms with Crippen LogP contribution < -0.4 is 23.8 Å². The van der Waals surface area contributed by atoms with Gasteiger partial charge >= 0.3 is 5.69 Å². The lowest BCUT2D eigenvalue weighted by atomic mass is 9.72. The van der Waals surface area contributed by atoms with Gasteiger partial charge in [-0.1, -0.05) is 43.2 Å². The average molecular weight is 912 g/mol. The van der Waals surface area contributed by atoms with Crippen LogP contribution in [0.4, 0.5) is 11.4 Å². The minimum atomic E-state index is -4.68. The first-order valence-electron chi connectivity index (χ1n) is 21.5. The molecule has 5 heterocycles. The highest BCUT2D eigenvalue weighted by Gasteiger charge is 2.35. The number of carbonyl (C=O) groups excluding carboxylic acids is 1. The normalized spacial score (nSPS) is 19.4. The molecule has 16 nitrogen and oxygen atoms in total. The number of benzene rings is 3. The van der Waals surface area contributed by atoms with Crippen molar-refractivity contribution in [1.29, 1.82) is 0 Å². The van der Waals surface area contributed by atoms with Gasteiger partial charge in [-0.05, 0) is 72.2 Å². The highest BCUT2D eigenvalue weighted by molar-refractivity contribution is 7.90. The molecular formula is C46H50ClN7O9S. The van der Waals surface area contributed by atoms with E-state index in [1.807, 2.05) is 18.2 Å². The van der Waals surface area contributed by atoms with Gasteiger partial charge in [0.15, 0.2) is 5.75 Å². The number of allylic oxidation sites excluding steroid dienone is 1. The molecule has 64 heavy (non-hydrogen) atoms. The molecule has 1 unspecified atom stereocenters. The van der Waals surface area contributed by atoms with Gasteiger partial charge in [-0.2, -0.15) is 0 Å². The maximum atomic E-state index is 14.0. The summed E-state index contributed by atoms with van der Waals surface area (Å²) in [7, 11) is -4.68. The number of nitro benzene ring substituents is 1. The van der Waals surface area contributed by atoms with E-state index >= 15 is 0 Å². The summed E-state index contributed by atoms with van der Waals surface area (Å²) >= 11 is 6.25. The molecule has 1 atom stereocenters. The van der Waals surface area contributed by atoms with Crippen molar-refractivity contribution in [3.05, 3.63) is 111 Å². The molecule has 2 aromatic heterocycles. The molecule has 3 aliphatic heterocycles. The number of ether oxygens (including phenoxy) is 4. The number of amides is 1. The number of anilines is 1. The number of halogens is 1. The molecule has 0 spiro atoms. The minimum absolute atomic E-state index is 0.0463. The van der Waals surface area contributed by atoms with Crippen molar-refractivity contribution >= 4 is 55.5 Å². The van der Waals surface area contributed by atoms with Gasteiger partial charge in [0.2, 0.25) is 5.75 Å². The lowest BCUT2D eigenvalue weighted by Crippen LogP contribution is -2.47. The molecule has 18 heteroatoms. The second-order valence-corrected chi connectivity index (χ2v) is 19.6. The van der Waals surface area contributed by atoms with Crippen LogP contribution >= 0.6 is 11.6 Å². The predicted molar refractivity (Wildman–Crippen MR) is 242 cm³/mol. The van der Waals surface area contributed by atoms with Crippen LogP contribution in [0.25, 0.3) is 16.6 Å². The van der Waals surface area contributed by atoms with Crippen molar-refractivity contribution in [3.63, 3.8) is 0 Å².